The molecule has 1 fully saturated rings. The van der Waals surface area contributed by atoms with Crippen LogP contribution >= 0.6 is 0 Å². The maximum Gasteiger partial charge on any atom is 0.339 e. The Morgan fingerprint density at radius 3 is 2.24 bits per heavy atom. The Morgan fingerprint density at radius 1 is 0.966 bits per heavy atom. The molecule has 1 aliphatic heterocycles. The number of hydrogen-bond acceptors (Lipinski definition) is 7. The van der Waals surface area contributed by atoms with Crippen LogP contribution in [0.15, 0.2) is 36.5 Å². The zero-order chi connectivity index (χ0) is 20.8. The predicted octanol–water partition coefficient (Wildman–Crippen LogP) is 2.24. The first-order valence-electron chi connectivity index (χ1n) is 9.46. The van der Waals surface area contributed by atoms with Crippen molar-refractivity contribution < 1.29 is 23.8 Å². The van der Waals surface area contributed by atoms with Gasteiger partial charge in [0.25, 0.3) is 5.91 Å². The van der Waals surface area contributed by atoms with Crippen LogP contribution in [0.2, 0.25) is 0 Å². The molecule has 8 nitrogen and oxygen atoms in total. The SMILES string of the molecule is CCOC(=O)c1ccc(N2CCN(C(=O)c3ccc(OC)c(OC)c3)CC2)nc1. The second-order valence-electron chi connectivity index (χ2n) is 6.47. The lowest BCUT2D eigenvalue weighted by atomic mass is 10.1. The first-order chi connectivity index (χ1) is 14.1. The number of amides is 1. The number of carbonyl (C=O) groups excluding carboxylic acids is 2. The average molecular weight is 399 g/mol. The minimum absolute atomic E-state index is 0.0452. The highest BCUT2D eigenvalue weighted by molar-refractivity contribution is 5.95. The number of esters is 1. The van der Waals surface area contributed by atoms with E-state index < -0.39 is 0 Å². The number of piperazine rings is 1. The van der Waals surface area contributed by atoms with Crippen LogP contribution in [0.25, 0.3) is 0 Å². The van der Waals surface area contributed by atoms with E-state index in [2.05, 4.69) is 9.88 Å². The Bertz CT molecular complexity index is 861. The maximum absolute atomic E-state index is 12.8. The zero-order valence-electron chi connectivity index (χ0n) is 16.9. The van der Waals surface area contributed by atoms with Gasteiger partial charge in [-0.1, -0.05) is 0 Å². The second-order valence-corrected chi connectivity index (χ2v) is 6.47. The lowest BCUT2D eigenvalue weighted by Gasteiger charge is -2.35. The van der Waals surface area contributed by atoms with E-state index in [0.29, 0.717) is 55.4 Å². The van der Waals surface area contributed by atoms with Gasteiger partial charge >= 0.3 is 5.97 Å². The van der Waals surface area contributed by atoms with Crippen LogP contribution in [0.4, 0.5) is 5.82 Å². The summed E-state index contributed by atoms with van der Waals surface area (Å²) in [6, 6.07) is 8.69. The highest BCUT2D eigenvalue weighted by Crippen LogP contribution is 2.28. The van der Waals surface area contributed by atoms with E-state index in [1.165, 1.54) is 6.20 Å². The smallest absolute Gasteiger partial charge is 0.339 e. The number of ether oxygens (including phenoxy) is 3. The Hall–Kier alpha value is -3.29. The lowest BCUT2D eigenvalue weighted by molar-refractivity contribution is 0.0525. The van der Waals surface area contributed by atoms with E-state index >= 15 is 0 Å². The van der Waals surface area contributed by atoms with Crippen molar-refractivity contribution in [1.82, 2.24) is 9.88 Å². The summed E-state index contributed by atoms with van der Waals surface area (Å²) in [4.78, 5) is 32.8. The van der Waals surface area contributed by atoms with Gasteiger partial charge in [-0.15, -0.1) is 0 Å². The molecule has 8 heteroatoms. The summed E-state index contributed by atoms with van der Waals surface area (Å²) in [6.07, 6.45) is 1.52. The number of methoxy groups -OCH3 is 2. The number of benzene rings is 1. The molecule has 1 aliphatic rings. The summed E-state index contributed by atoms with van der Waals surface area (Å²) < 4.78 is 15.5. The summed E-state index contributed by atoms with van der Waals surface area (Å²) in [5.74, 6) is 1.47. The fourth-order valence-electron chi connectivity index (χ4n) is 3.20. The standard InChI is InChI=1S/C21H25N3O5/c1-4-29-21(26)16-6-8-19(22-14-16)23-9-11-24(12-10-23)20(25)15-5-7-17(27-2)18(13-15)28-3/h5-8,13-14H,4,9-12H2,1-3H3. The molecule has 3 rings (SSSR count). The molecule has 0 spiro atoms. The fraction of sp³-hybridized carbons (Fsp3) is 0.381. The molecular weight excluding hydrogens is 374 g/mol. The third-order valence-electron chi connectivity index (χ3n) is 4.78. The van der Waals surface area contributed by atoms with Crippen LogP contribution in [0.3, 0.4) is 0 Å². The zero-order valence-corrected chi connectivity index (χ0v) is 16.9. The van der Waals surface area contributed by atoms with Crippen molar-refractivity contribution in [2.45, 2.75) is 6.92 Å². The van der Waals surface area contributed by atoms with E-state index in [0.717, 1.165) is 5.82 Å². The van der Waals surface area contributed by atoms with Crippen molar-refractivity contribution in [3.8, 4) is 11.5 Å². The maximum atomic E-state index is 12.8. The minimum Gasteiger partial charge on any atom is -0.493 e. The Morgan fingerprint density at radius 2 is 1.66 bits per heavy atom. The Kier molecular flexibility index (Phi) is 6.54. The molecule has 0 saturated carbocycles. The third-order valence-corrected chi connectivity index (χ3v) is 4.78. The molecule has 2 heterocycles. The predicted molar refractivity (Wildman–Crippen MR) is 108 cm³/mol. The number of pyridine rings is 1. The Balaban J connectivity index is 1.61. The molecule has 1 aromatic carbocycles. The molecule has 0 radical (unpaired) electrons. The summed E-state index contributed by atoms with van der Waals surface area (Å²) in [6.45, 7) is 4.57. The molecule has 0 bridgehead atoms. The number of nitrogens with zero attached hydrogens (tertiary/aromatic N) is 3. The molecule has 1 saturated heterocycles. The summed E-state index contributed by atoms with van der Waals surface area (Å²) in [7, 11) is 3.11. The van der Waals surface area contributed by atoms with Gasteiger partial charge in [-0.2, -0.15) is 0 Å². The molecule has 2 aromatic rings. The van der Waals surface area contributed by atoms with Gasteiger partial charge < -0.3 is 24.0 Å². The van der Waals surface area contributed by atoms with Gasteiger partial charge in [0.2, 0.25) is 0 Å². The number of carbonyl (C=O) groups is 2. The molecule has 1 aromatic heterocycles. The van der Waals surface area contributed by atoms with Gasteiger partial charge in [-0.05, 0) is 37.3 Å². The molecule has 0 atom stereocenters. The fourth-order valence-corrected chi connectivity index (χ4v) is 3.20. The van der Waals surface area contributed by atoms with Crippen molar-refractivity contribution in [3.05, 3.63) is 47.7 Å². The van der Waals surface area contributed by atoms with Gasteiger partial charge in [0, 0.05) is 37.9 Å². The van der Waals surface area contributed by atoms with Crippen molar-refractivity contribution in [2.24, 2.45) is 0 Å². The highest BCUT2D eigenvalue weighted by Gasteiger charge is 2.24. The number of rotatable bonds is 6. The van der Waals surface area contributed by atoms with E-state index in [1.807, 2.05) is 4.90 Å². The molecular formula is C21H25N3O5. The summed E-state index contributed by atoms with van der Waals surface area (Å²) in [5, 5.41) is 0. The first-order valence-corrected chi connectivity index (χ1v) is 9.46. The molecule has 0 N–H and O–H groups in total. The number of anilines is 1. The van der Waals surface area contributed by atoms with Crippen LogP contribution in [0.5, 0.6) is 11.5 Å². The lowest BCUT2D eigenvalue weighted by Crippen LogP contribution is -2.49. The van der Waals surface area contributed by atoms with Crippen LogP contribution in [-0.4, -0.2) is 68.8 Å². The average Bonchev–Trinajstić information content (AvgIpc) is 2.78. The highest BCUT2D eigenvalue weighted by atomic mass is 16.5. The van der Waals surface area contributed by atoms with E-state index in [4.69, 9.17) is 14.2 Å². The minimum atomic E-state index is -0.378. The first kappa shape index (κ1) is 20.4. The molecule has 0 unspecified atom stereocenters. The van der Waals surface area contributed by atoms with Gasteiger partial charge in [0.05, 0.1) is 26.4 Å². The van der Waals surface area contributed by atoms with Crippen LogP contribution in [0.1, 0.15) is 27.6 Å². The number of hydrogen-bond donors (Lipinski definition) is 0. The van der Waals surface area contributed by atoms with Crippen LogP contribution < -0.4 is 14.4 Å². The van der Waals surface area contributed by atoms with Crippen molar-refractivity contribution in [1.29, 1.82) is 0 Å². The Labute approximate surface area is 170 Å². The quantitative estimate of drug-likeness (QED) is 0.689. The molecule has 29 heavy (non-hydrogen) atoms. The summed E-state index contributed by atoms with van der Waals surface area (Å²) in [5.41, 5.74) is 0.992. The van der Waals surface area contributed by atoms with Crippen LogP contribution in [-0.2, 0) is 4.74 Å². The van der Waals surface area contributed by atoms with Crippen LogP contribution in [0, 0.1) is 0 Å². The molecule has 0 aliphatic carbocycles. The largest absolute Gasteiger partial charge is 0.493 e. The van der Waals surface area contributed by atoms with Crippen molar-refractivity contribution in [3.63, 3.8) is 0 Å². The normalized spacial score (nSPS) is 13.8. The van der Waals surface area contributed by atoms with Gasteiger partial charge in [0.1, 0.15) is 5.82 Å². The van der Waals surface area contributed by atoms with E-state index in [9.17, 15) is 9.59 Å². The summed E-state index contributed by atoms with van der Waals surface area (Å²) >= 11 is 0. The number of aromatic nitrogens is 1. The van der Waals surface area contributed by atoms with E-state index in [1.54, 1.807) is 51.5 Å². The van der Waals surface area contributed by atoms with Gasteiger partial charge in [0.15, 0.2) is 11.5 Å². The second kappa shape index (κ2) is 9.27. The molecule has 1 amide bonds. The topological polar surface area (TPSA) is 81.2 Å². The van der Waals surface area contributed by atoms with Gasteiger partial charge in [-0.3, -0.25) is 4.79 Å². The van der Waals surface area contributed by atoms with Gasteiger partial charge in [-0.25, -0.2) is 9.78 Å². The van der Waals surface area contributed by atoms with Crippen molar-refractivity contribution >= 4 is 17.7 Å². The van der Waals surface area contributed by atoms with E-state index in [-0.39, 0.29) is 11.9 Å². The third kappa shape index (κ3) is 4.59. The molecule has 154 valence electrons. The monoisotopic (exact) mass is 399 g/mol. The van der Waals surface area contributed by atoms with Crippen molar-refractivity contribution in [2.75, 3.05) is 51.9 Å².